The SMILES string of the molecule is O=C1N[C@@]2(C[C@H]3CC[C@H]2C[C@@H]3C(=O)N2CCN(c3ncccn3)CC2)Oc2ccccc21. The van der Waals surface area contributed by atoms with Crippen LogP contribution in [0, 0.1) is 17.8 Å². The molecule has 4 atom stereocenters. The third-order valence-electron chi connectivity index (χ3n) is 7.71. The summed E-state index contributed by atoms with van der Waals surface area (Å²) in [4.78, 5) is 39.0. The van der Waals surface area contributed by atoms with Crippen LogP contribution in [0.4, 0.5) is 5.95 Å². The van der Waals surface area contributed by atoms with Crippen molar-refractivity contribution in [2.75, 3.05) is 31.1 Å². The van der Waals surface area contributed by atoms with Gasteiger partial charge in [0.25, 0.3) is 5.91 Å². The van der Waals surface area contributed by atoms with E-state index >= 15 is 0 Å². The molecule has 32 heavy (non-hydrogen) atoms. The Bertz CT molecular complexity index is 1040. The van der Waals surface area contributed by atoms with Crippen molar-refractivity contribution >= 4 is 17.8 Å². The molecule has 8 nitrogen and oxygen atoms in total. The molecule has 8 heteroatoms. The van der Waals surface area contributed by atoms with Crippen LogP contribution in [0.3, 0.4) is 0 Å². The fourth-order valence-corrected chi connectivity index (χ4v) is 6.08. The Morgan fingerprint density at radius 2 is 1.84 bits per heavy atom. The molecule has 1 aromatic heterocycles. The van der Waals surface area contributed by atoms with Crippen LogP contribution < -0.4 is 15.0 Å². The summed E-state index contributed by atoms with van der Waals surface area (Å²) in [6, 6.07) is 9.23. The maximum atomic E-state index is 13.5. The molecule has 5 aliphatic rings. The van der Waals surface area contributed by atoms with Gasteiger partial charge in [0.1, 0.15) is 5.75 Å². The van der Waals surface area contributed by atoms with Gasteiger partial charge in [0.05, 0.1) is 5.56 Å². The van der Waals surface area contributed by atoms with E-state index in [1.54, 1.807) is 18.5 Å². The molecule has 4 fully saturated rings. The molecule has 1 saturated heterocycles. The van der Waals surface area contributed by atoms with Crippen molar-refractivity contribution in [2.45, 2.75) is 31.4 Å². The fourth-order valence-electron chi connectivity index (χ4n) is 6.08. The summed E-state index contributed by atoms with van der Waals surface area (Å²) in [6.07, 6.45) is 6.97. The van der Waals surface area contributed by atoms with E-state index in [1.807, 2.05) is 29.2 Å². The van der Waals surface area contributed by atoms with Gasteiger partial charge in [-0.1, -0.05) is 12.1 Å². The minimum atomic E-state index is -0.672. The molecular weight excluding hydrogens is 406 g/mol. The summed E-state index contributed by atoms with van der Waals surface area (Å²) >= 11 is 0. The molecule has 3 saturated carbocycles. The molecule has 2 bridgehead atoms. The lowest BCUT2D eigenvalue weighted by atomic mass is 9.59. The van der Waals surface area contributed by atoms with Gasteiger partial charge in [-0.25, -0.2) is 9.97 Å². The number of nitrogens with one attached hydrogen (secondary N) is 1. The van der Waals surface area contributed by atoms with Gasteiger partial charge in [0, 0.05) is 56.8 Å². The zero-order valence-corrected chi connectivity index (χ0v) is 17.9. The first-order chi connectivity index (χ1) is 15.6. The summed E-state index contributed by atoms with van der Waals surface area (Å²) in [5.74, 6) is 1.96. The number of fused-ring (bicyclic) bond motifs is 3. The van der Waals surface area contributed by atoms with Gasteiger partial charge in [-0.15, -0.1) is 0 Å². The average Bonchev–Trinajstić information content (AvgIpc) is 2.84. The number of carbonyl (C=O) groups is 2. The monoisotopic (exact) mass is 433 g/mol. The number of aromatic nitrogens is 2. The molecule has 0 unspecified atom stereocenters. The van der Waals surface area contributed by atoms with Crippen molar-refractivity contribution in [2.24, 2.45) is 17.8 Å². The second-order valence-corrected chi connectivity index (χ2v) is 9.38. The van der Waals surface area contributed by atoms with Gasteiger partial charge in [-0.2, -0.15) is 0 Å². The van der Waals surface area contributed by atoms with Crippen LogP contribution in [0.15, 0.2) is 42.7 Å². The zero-order chi connectivity index (χ0) is 21.7. The standard InChI is InChI=1S/C24H27N5O3/c30-21-18-4-1-2-5-20(18)32-24(27-21)15-16-6-7-17(24)14-19(16)22(31)28-10-12-29(13-11-28)23-25-8-3-9-26-23/h1-5,8-9,16-17,19H,6-7,10-15H2,(H,27,30)/t16-,17+,19+,24+/m1/s1. The number of amides is 2. The van der Waals surface area contributed by atoms with Gasteiger partial charge in [-0.05, 0) is 43.4 Å². The molecule has 0 radical (unpaired) electrons. The number of rotatable bonds is 2. The molecule has 2 amide bonds. The lowest BCUT2D eigenvalue weighted by molar-refractivity contribution is -0.155. The molecule has 2 aliphatic heterocycles. The minimum absolute atomic E-state index is 0.0107. The highest BCUT2D eigenvalue weighted by molar-refractivity contribution is 5.98. The van der Waals surface area contributed by atoms with E-state index in [-0.39, 0.29) is 29.6 Å². The highest BCUT2D eigenvalue weighted by atomic mass is 16.5. The van der Waals surface area contributed by atoms with E-state index in [1.165, 1.54) is 0 Å². The molecule has 1 spiro atoms. The summed E-state index contributed by atoms with van der Waals surface area (Å²) in [5, 5.41) is 3.18. The summed E-state index contributed by atoms with van der Waals surface area (Å²) in [5.41, 5.74) is -0.0819. The van der Waals surface area contributed by atoms with Gasteiger partial charge in [0.2, 0.25) is 11.9 Å². The van der Waals surface area contributed by atoms with E-state index in [9.17, 15) is 9.59 Å². The van der Waals surface area contributed by atoms with Crippen molar-refractivity contribution in [1.29, 1.82) is 0 Å². The Morgan fingerprint density at radius 1 is 1.06 bits per heavy atom. The predicted octanol–water partition coefficient (Wildman–Crippen LogP) is 2.08. The van der Waals surface area contributed by atoms with E-state index in [0.29, 0.717) is 30.8 Å². The van der Waals surface area contributed by atoms with Crippen LogP contribution >= 0.6 is 0 Å². The number of benzene rings is 1. The number of hydrogen-bond acceptors (Lipinski definition) is 6. The number of carbonyl (C=O) groups excluding carboxylic acids is 2. The van der Waals surface area contributed by atoms with Crippen molar-refractivity contribution in [1.82, 2.24) is 20.2 Å². The molecule has 7 rings (SSSR count). The molecule has 2 aromatic rings. The number of anilines is 1. The first-order valence-electron chi connectivity index (χ1n) is 11.5. The van der Waals surface area contributed by atoms with E-state index in [4.69, 9.17) is 4.74 Å². The highest BCUT2D eigenvalue weighted by Crippen LogP contribution is 2.52. The molecule has 3 heterocycles. The second-order valence-electron chi connectivity index (χ2n) is 9.38. The van der Waals surface area contributed by atoms with E-state index < -0.39 is 5.72 Å². The summed E-state index contributed by atoms with van der Waals surface area (Å²) in [6.45, 7) is 2.88. The minimum Gasteiger partial charge on any atom is -0.467 e. The number of piperazine rings is 1. The van der Waals surface area contributed by atoms with Crippen LogP contribution in [0.25, 0.3) is 0 Å². The van der Waals surface area contributed by atoms with Crippen LogP contribution in [-0.2, 0) is 4.79 Å². The summed E-state index contributed by atoms with van der Waals surface area (Å²) in [7, 11) is 0. The van der Waals surface area contributed by atoms with Crippen molar-refractivity contribution in [3.63, 3.8) is 0 Å². The number of hydrogen-bond donors (Lipinski definition) is 1. The van der Waals surface area contributed by atoms with Crippen LogP contribution in [0.2, 0.25) is 0 Å². The molecule has 1 N–H and O–H groups in total. The maximum absolute atomic E-state index is 13.5. The Kier molecular flexibility index (Phi) is 4.55. The number of para-hydroxylation sites is 1. The zero-order valence-electron chi connectivity index (χ0n) is 17.9. The Labute approximate surface area is 187 Å². The normalized spacial score (nSPS) is 31.1. The highest BCUT2D eigenvalue weighted by Gasteiger charge is 2.57. The number of ether oxygens (including phenoxy) is 1. The number of nitrogens with zero attached hydrogens (tertiary/aromatic N) is 4. The Hall–Kier alpha value is -3.16. The molecular formula is C24H27N5O3. The summed E-state index contributed by atoms with van der Waals surface area (Å²) < 4.78 is 6.42. The van der Waals surface area contributed by atoms with Crippen LogP contribution in [0.5, 0.6) is 5.75 Å². The van der Waals surface area contributed by atoms with Crippen LogP contribution in [-0.4, -0.2) is 58.6 Å². The van der Waals surface area contributed by atoms with Crippen molar-refractivity contribution in [3.8, 4) is 5.75 Å². The Balaban J connectivity index is 1.14. The third-order valence-corrected chi connectivity index (χ3v) is 7.71. The third kappa shape index (κ3) is 3.12. The maximum Gasteiger partial charge on any atom is 0.258 e. The van der Waals surface area contributed by atoms with Crippen molar-refractivity contribution < 1.29 is 14.3 Å². The molecule has 166 valence electrons. The lowest BCUT2D eigenvalue weighted by Gasteiger charge is -2.55. The smallest absolute Gasteiger partial charge is 0.258 e. The average molecular weight is 434 g/mol. The van der Waals surface area contributed by atoms with E-state index in [2.05, 4.69) is 20.2 Å². The van der Waals surface area contributed by atoms with Crippen LogP contribution in [0.1, 0.15) is 36.0 Å². The van der Waals surface area contributed by atoms with E-state index in [0.717, 1.165) is 38.3 Å². The fraction of sp³-hybridized carbons (Fsp3) is 0.500. The van der Waals surface area contributed by atoms with Gasteiger partial charge < -0.3 is 19.9 Å². The molecule has 1 aromatic carbocycles. The van der Waals surface area contributed by atoms with Gasteiger partial charge in [0.15, 0.2) is 5.72 Å². The first-order valence-corrected chi connectivity index (χ1v) is 11.5. The topological polar surface area (TPSA) is 87.7 Å². The largest absolute Gasteiger partial charge is 0.467 e. The predicted molar refractivity (Wildman–Crippen MR) is 117 cm³/mol. The van der Waals surface area contributed by atoms with Gasteiger partial charge >= 0.3 is 0 Å². The first kappa shape index (κ1) is 19.5. The molecule has 3 aliphatic carbocycles. The lowest BCUT2D eigenvalue weighted by Crippen LogP contribution is -2.67. The van der Waals surface area contributed by atoms with Crippen molar-refractivity contribution in [3.05, 3.63) is 48.3 Å². The van der Waals surface area contributed by atoms with Gasteiger partial charge in [-0.3, -0.25) is 9.59 Å². The second kappa shape index (κ2) is 7.46. The quantitative estimate of drug-likeness (QED) is 0.780. The Morgan fingerprint density at radius 3 is 2.59 bits per heavy atom.